The van der Waals surface area contributed by atoms with E-state index in [1.165, 1.54) is 17.7 Å². The lowest BCUT2D eigenvalue weighted by atomic mass is 10.2. The Balaban J connectivity index is 1.98. The molecule has 138 valence electrons. The molecule has 1 unspecified atom stereocenters. The van der Waals surface area contributed by atoms with E-state index in [1.807, 2.05) is 6.92 Å². The summed E-state index contributed by atoms with van der Waals surface area (Å²) in [4.78, 5) is 8.46. The van der Waals surface area contributed by atoms with Gasteiger partial charge < -0.3 is 9.30 Å². The van der Waals surface area contributed by atoms with Crippen LogP contribution in [0, 0.1) is 6.92 Å². The molecule has 3 rings (SSSR count). The Morgan fingerprint density at radius 2 is 2.00 bits per heavy atom. The average Bonchev–Trinajstić information content (AvgIpc) is 2.92. The number of rotatable bonds is 4. The second-order valence-electron chi connectivity index (χ2n) is 5.73. The molecule has 0 saturated carbocycles. The first-order valence-corrected chi connectivity index (χ1v) is 8.94. The largest absolute Gasteiger partial charge is 0.496 e. The maximum absolute atomic E-state index is 12.9. The molecule has 0 bridgehead atoms. The van der Waals surface area contributed by atoms with Crippen LogP contribution < -0.4 is 4.74 Å². The van der Waals surface area contributed by atoms with Gasteiger partial charge in [0.25, 0.3) is 0 Å². The first-order valence-electron chi connectivity index (χ1n) is 7.63. The lowest BCUT2D eigenvalue weighted by Crippen LogP contribution is -2.07. The van der Waals surface area contributed by atoms with Gasteiger partial charge in [-0.25, -0.2) is 4.98 Å². The van der Waals surface area contributed by atoms with E-state index in [-0.39, 0.29) is 16.4 Å². The predicted molar refractivity (Wildman–Crippen MR) is 91.4 cm³/mol. The van der Waals surface area contributed by atoms with E-state index in [2.05, 4.69) is 9.97 Å². The summed E-state index contributed by atoms with van der Waals surface area (Å²) in [5.41, 5.74) is 1.22. The number of imidazole rings is 1. The number of nitrogens with zero attached hydrogens (tertiary/aromatic N) is 3. The molecular formula is C17H16F3N3O2S. The SMILES string of the molecule is COc1ccnc(CS(=O)c2nc3ccc(C(F)(F)F)cc3n2C)c1C. The van der Waals surface area contributed by atoms with Crippen LogP contribution in [0.4, 0.5) is 13.2 Å². The van der Waals surface area contributed by atoms with Crippen molar-refractivity contribution in [3.63, 3.8) is 0 Å². The normalized spacial score (nSPS) is 13.2. The van der Waals surface area contributed by atoms with Crippen molar-refractivity contribution in [3.05, 3.63) is 47.3 Å². The number of ether oxygens (including phenoxy) is 1. The van der Waals surface area contributed by atoms with Gasteiger partial charge in [0.05, 0.1) is 46.0 Å². The van der Waals surface area contributed by atoms with Crippen molar-refractivity contribution in [1.82, 2.24) is 14.5 Å². The van der Waals surface area contributed by atoms with Gasteiger partial charge in [-0.2, -0.15) is 13.2 Å². The molecule has 2 heterocycles. The van der Waals surface area contributed by atoms with Crippen LogP contribution in [-0.4, -0.2) is 25.9 Å². The summed E-state index contributed by atoms with van der Waals surface area (Å²) in [6.07, 6.45) is -2.89. The number of aromatic nitrogens is 3. The third kappa shape index (κ3) is 3.31. The number of aryl methyl sites for hydroxylation is 1. The Bertz CT molecular complexity index is 999. The van der Waals surface area contributed by atoms with E-state index in [1.54, 1.807) is 19.3 Å². The maximum atomic E-state index is 12.9. The smallest absolute Gasteiger partial charge is 0.416 e. The lowest BCUT2D eigenvalue weighted by Gasteiger charge is -2.09. The minimum atomic E-state index is -4.45. The Labute approximate surface area is 150 Å². The van der Waals surface area contributed by atoms with E-state index in [9.17, 15) is 17.4 Å². The van der Waals surface area contributed by atoms with Crippen LogP contribution >= 0.6 is 0 Å². The highest BCUT2D eigenvalue weighted by molar-refractivity contribution is 7.84. The lowest BCUT2D eigenvalue weighted by molar-refractivity contribution is -0.137. The highest BCUT2D eigenvalue weighted by Crippen LogP contribution is 2.32. The summed E-state index contributed by atoms with van der Waals surface area (Å²) in [5, 5.41) is 0.198. The Hall–Kier alpha value is -2.42. The summed E-state index contributed by atoms with van der Waals surface area (Å²) in [6, 6.07) is 4.97. The van der Waals surface area contributed by atoms with Gasteiger partial charge in [-0.3, -0.25) is 9.19 Å². The molecule has 9 heteroatoms. The number of methoxy groups -OCH3 is 1. The van der Waals surface area contributed by atoms with Crippen LogP contribution in [0.1, 0.15) is 16.8 Å². The van der Waals surface area contributed by atoms with Gasteiger partial charge >= 0.3 is 6.18 Å². The monoisotopic (exact) mass is 383 g/mol. The van der Waals surface area contributed by atoms with Crippen LogP contribution in [0.25, 0.3) is 11.0 Å². The molecule has 0 radical (unpaired) electrons. The molecule has 26 heavy (non-hydrogen) atoms. The minimum Gasteiger partial charge on any atom is -0.496 e. The Morgan fingerprint density at radius 3 is 2.65 bits per heavy atom. The zero-order valence-corrected chi connectivity index (χ0v) is 15.1. The number of benzene rings is 1. The van der Waals surface area contributed by atoms with E-state index in [0.717, 1.165) is 17.7 Å². The number of hydrogen-bond donors (Lipinski definition) is 0. The van der Waals surface area contributed by atoms with Crippen LogP contribution in [0.3, 0.4) is 0 Å². The number of alkyl halides is 3. The molecular weight excluding hydrogens is 367 g/mol. The fourth-order valence-electron chi connectivity index (χ4n) is 2.66. The van der Waals surface area contributed by atoms with Gasteiger partial charge in [-0.1, -0.05) is 0 Å². The second kappa shape index (κ2) is 6.71. The standard InChI is InChI=1S/C17H16F3N3O2S/c1-10-13(21-7-6-15(10)25-3)9-26(24)16-22-12-5-4-11(17(18,19)20)8-14(12)23(16)2/h4-8H,9H2,1-3H3. The van der Waals surface area contributed by atoms with Crippen LogP contribution in [-0.2, 0) is 29.8 Å². The van der Waals surface area contributed by atoms with Gasteiger partial charge in [0.1, 0.15) is 5.75 Å². The van der Waals surface area contributed by atoms with Crippen molar-refractivity contribution < 1.29 is 22.1 Å². The Kier molecular flexibility index (Phi) is 4.74. The molecule has 3 aromatic rings. The zero-order chi connectivity index (χ0) is 19.1. The highest BCUT2D eigenvalue weighted by Gasteiger charge is 2.31. The van der Waals surface area contributed by atoms with Crippen molar-refractivity contribution in [3.8, 4) is 5.75 Å². The van der Waals surface area contributed by atoms with Crippen molar-refractivity contribution in [2.45, 2.75) is 24.0 Å². The summed E-state index contributed by atoms with van der Waals surface area (Å²) < 4.78 is 58.1. The van der Waals surface area contributed by atoms with E-state index >= 15 is 0 Å². The number of pyridine rings is 1. The third-order valence-corrected chi connectivity index (χ3v) is 5.43. The van der Waals surface area contributed by atoms with Gasteiger partial charge in [0, 0.05) is 18.8 Å². The highest BCUT2D eigenvalue weighted by atomic mass is 32.2. The van der Waals surface area contributed by atoms with Crippen LogP contribution in [0.2, 0.25) is 0 Å². The molecule has 0 N–H and O–H groups in total. The quantitative estimate of drug-likeness (QED) is 0.691. The van der Waals surface area contributed by atoms with Crippen LogP contribution in [0.5, 0.6) is 5.75 Å². The molecule has 0 spiro atoms. The summed E-state index contributed by atoms with van der Waals surface area (Å²) in [5.74, 6) is 0.721. The molecule has 2 aromatic heterocycles. The van der Waals surface area contributed by atoms with Gasteiger partial charge in [0.15, 0.2) is 5.16 Å². The van der Waals surface area contributed by atoms with Crippen molar-refractivity contribution in [1.29, 1.82) is 0 Å². The van der Waals surface area contributed by atoms with Crippen LogP contribution in [0.15, 0.2) is 35.6 Å². The zero-order valence-electron chi connectivity index (χ0n) is 14.3. The maximum Gasteiger partial charge on any atom is 0.416 e. The van der Waals surface area contributed by atoms with Crippen molar-refractivity contribution >= 4 is 21.8 Å². The number of hydrogen-bond acceptors (Lipinski definition) is 4. The number of fused-ring (bicyclic) bond motifs is 1. The van der Waals surface area contributed by atoms with Crippen molar-refractivity contribution in [2.24, 2.45) is 7.05 Å². The van der Waals surface area contributed by atoms with E-state index in [0.29, 0.717) is 17.0 Å². The Morgan fingerprint density at radius 1 is 1.27 bits per heavy atom. The molecule has 0 aliphatic heterocycles. The van der Waals surface area contributed by atoms with E-state index < -0.39 is 22.5 Å². The summed E-state index contributed by atoms with van der Waals surface area (Å²) in [6.45, 7) is 1.81. The second-order valence-corrected chi connectivity index (χ2v) is 7.07. The molecule has 0 fully saturated rings. The summed E-state index contributed by atoms with van der Waals surface area (Å²) in [7, 11) is 1.51. The minimum absolute atomic E-state index is 0.0896. The van der Waals surface area contributed by atoms with Gasteiger partial charge in [0.2, 0.25) is 0 Å². The molecule has 1 atom stereocenters. The molecule has 5 nitrogen and oxygen atoms in total. The van der Waals surface area contributed by atoms with Gasteiger partial charge in [-0.15, -0.1) is 0 Å². The van der Waals surface area contributed by atoms with Gasteiger partial charge in [-0.05, 0) is 31.2 Å². The predicted octanol–water partition coefficient (Wildman–Crippen LogP) is 3.61. The van der Waals surface area contributed by atoms with E-state index in [4.69, 9.17) is 4.74 Å². The average molecular weight is 383 g/mol. The first kappa shape index (κ1) is 18.4. The molecule has 1 aromatic carbocycles. The molecule has 0 saturated heterocycles. The third-order valence-electron chi connectivity index (χ3n) is 4.12. The molecule has 0 amide bonds. The first-order chi connectivity index (χ1) is 12.2. The fraction of sp³-hybridized carbons (Fsp3) is 0.294. The number of halogens is 3. The van der Waals surface area contributed by atoms with Crippen molar-refractivity contribution in [2.75, 3.05) is 7.11 Å². The summed E-state index contributed by atoms with van der Waals surface area (Å²) >= 11 is 0. The molecule has 0 aliphatic rings. The molecule has 0 aliphatic carbocycles. The topological polar surface area (TPSA) is 57.0 Å². The fourth-order valence-corrected chi connectivity index (χ4v) is 3.93.